The molecule has 2 aromatic rings. The van der Waals surface area contributed by atoms with Crippen molar-refractivity contribution in [3.63, 3.8) is 0 Å². The first kappa shape index (κ1) is 16.9. The molecule has 11 heteroatoms. The molecule has 1 fully saturated rings. The average molecular weight is 358 g/mol. The standard InChI is InChI=1S/C15H22N10O/c1-14(2,3)13-16-11(24-6-5-9(26)7-24)10-12(17-13)25(23-18-10)8-15(4)19-21-22-20-15/h9,26H,5-8H2,1-4H3. The zero-order valence-electron chi connectivity index (χ0n) is 15.3. The van der Waals surface area contributed by atoms with Gasteiger partial charge in [-0.2, -0.15) is 0 Å². The van der Waals surface area contributed by atoms with Gasteiger partial charge in [0.15, 0.2) is 17.0 Å². The zero-order valence-corrected chi connectivity index (χ0v) is 15.3. The number of aliphatic hydroxyl groups excluding tert-OH is 1. The van der Waals surface area contributed by atoms with Crippen molar-refractivity contribution in [2.24, 2.45) is 20.7 Å². The van der Waals surface area contributed by atoms with Crippen LogP contribution in [0.2, 0.25) is 0 Å². The van der Waals surface area contributed by atoms with E-state index in [4.69, 9.17) is 9.97 Å². The summed E-state index contributed by atoms with van der Waals surface area (Å²) in [5.74, 6) is 1.41. The second kappa shape index (κ2) is 5.73. The van der Waals surface area contributed by atoms with Crippen LogP contribution in [0.25, 0.3) is 11.2 Å². The van der Waals surface area contributed by atoms with Crippen molar-refractivity contribution in [3.8, 4) is 0 Å². The normalized spacial score (nSPS) is 22.0. The lowest BCUT2D eigenvalue weighted by molar-refractivity contribution is 0.198. The summed E-state index contributed by atoms with van der Waals surface area (Å²) in [6.45, 7) is 9.60. The molecule has 2 aliphatic heterocycles. The Morgan fingerprint density at radius 3 is 2.54 bits per heavy atom. The van der Waals surface area contributed by atoms with Crippen LogP contribution in [-0.2, 0) is 12.0 Å². The summed E-state index contributed by atoms with van der Waals surface area (Å²) in [7, 11) is 0. The van der Waals surface area contributed by atoms with Crippen molar-refractivity contribution in [3.05, 3.63) is 5.82 Å². The third-order valence-electron chi connectivity index (χ3n) is 4.49. The number of anilines is 1. The van der Waals surface area contributed by atoms with Gasteiger partial charge in [-0.15, -0.1) is 15.3 Å². The van der Waals surface area contributed by atoms with Crippen LogP contribution in [0.5, 0.6) is 0 Å². The highest BCUT2D eigenvalue weighted by molar-refractivity contribution is 5.83. The molecular formula is C15H22N10O. The maximum absolute atomic E-state index is 9.92. The Hall–Kier alpha value is -2.56. The van der Waals surface area contributed by atoms with E-state index in [2.05, 4.69) is 51.8 Å². The SMILES string of the molecule is CC1(Cn2nnc3c(N4CCC(O)C4)nc(C(C)(C)C)nc32)N=NN=N1. The molecule has 0 aliphatic carbocycles. The van der Waals surface area contributed by atoms with Crippen LogP contribution in [0.1, 0.15) is 39.9 Å². The maximum atomic E-state index is 9.92. The smallest absolute Gasteiger partial charge is 0.211 e. The molecule has 0 radical (unpaired) electrons. The fraction of sp³-hybridized carbons (Fsp3) is 0.733. The fourth-order valence-corrected chi connectivity index (χ4v) is 3.04. The fourth-order valence-electron chi connectivity index (χ4n) is 3.04. The lowest BCUT2D eigenvalue weighted by Gasteiger charge is -2.22. The first-order valence-corrected chi connectivity index (χ1v) is 8.64. The molecule has 4 rings (SSSR count). The molecule has 4 heterocycles. The van der Waals surface area contributed by atoms with E-state index < -0.39 is 5.66 Å². The molecule has 1 N–H and O–H groups in total. The molecule has 1 atom stereocenters. The van der Waals surface area contributed by atoms with Crippen LogP contribution in [0.3, 0.4) is 0 Å². The Kier molecular flexibility index (Phi) is 3.72. The van der Waals surface area contributed by atoms with Gasteiger partial charge in [-0.25, -0.2) is 14.6 Å². The first-order chi connectivity index (χ1) is 12.3. The number of aromatic nitrogens is 5. The minimum atomic E-state index is -0.808. The summed E-state index contributed by atoms with van der Waals surface area (Å²) in [6.07, 6.45) is 0.356. The molecular weight excluding hydrogens is 336 g/mol. The number of nitrogens with zero attached hydrogens (tertiary/aromatic N) is 10. The summed E-state index contributed by atoms with van der Waals surface area (Å²) in [5.41, 5.74) is 0.187. The van der Waals surface area contributed by atoms with Gasteiger partial charge in [0.1, 0.15) is 5.82 Å². The monoisotopic (exact) mass is 358 g/mol. The van der Waals surface area contributed by atoms with Gasteiger partial charge in [-0.1, -0.05) is 26.0 Å². The van der Waals surface area contributed by atoms with E-state index in [9.17, 15) is 5.11 Å². The lowest BCUT2D eigenvalue weighted by Crippen LogP contribution is -2.27. The number of hydrogen-bond donors (Lipinski definition) is 1. The van der Waals surface area contributed by atoms with E-state index in [0.717, 1.165) is 6.54 Å². The number of fused-ring (bicyclic) bond motifs is 1. The summed E-state index contributed by atoms with van der Waals surface area (Å²) in [6, 6.07) is 0. The molecule has 1 saturated heterocycles. The Morgan fingerprint density at radius 1 is 1.19 bits per heavy atom. The van der Waals surface area contributed by atoms with Gasteiger partial charge in [-0.05, 0) is 23.8 Å². The van der Waals surface area contributed by atoms with Crippen molar-refractivity contribution >= 4 is 17.0 Å². The molecule has 0 bridgehead atoms. The molecule has 0 amide bonds. The van der Waals surface area contributed by atoms with E-state index in [1.807, 2.05) is 11.8 Å². The predicted molar refractivity (Wildman–Crippen MR) is 92.8 cm³/mol. The molecule has 0 saturated carbocycles. The van der Waals surface area contributed by atoms with E-state index in [1.54, 1.807) is 4.68 Å². The summed E-state index contributed by atoms with van der Waals surface area (Å²) in [5, 5.41) is 33.8. The third kappa shape index (κ3) is 2.91. The van der Waals surface area contributed by atoms with Crippen LogP contribution in [0.4, 0.5) is 5.82 Å². The summed E-state index contributed by atoms with van der Waals surface area (Å²) >= 11 is 0. The van der Waals surface area contributed by atoms with Gasteiger partial charge < -0.3 is 10.0 Å². The Morgan fingerprint density at radius 2 is 1.92 bits per heavy atom. The van der Waals surface area contributed by atoms with Crippen LogP contribution < -0.4 is 4.90 Å². The van der Waals surface area contributed by atoms with E-state index in [-0.39, 0.29) is 11.5 Å². The molecule has 11 nitrogen and oxygen atoms in total. The van der Waals surface area contributed by atoms with Gasteiger partial charge in [0.25, 0.3) is 0 Å². The topological polar surface area (TPSA) is 129 Å². The van der Waals surface area contributed by atoms with Gasteiger partial charge >= 0.3 is 0 Å². The highest BCUT2D eigenvalue weighted by Crippen LogP contribution is 2.30. The quantitative estimate of drug-likeness (QED) is 0.888. The van der Waals surface area contributed by atoms with Gasteiger partial charge in [0, 0.05) is 18.5 Å². The van der Waals surface area contributed by atoms with Crippen LogP contribution in [-0.4, -0.2) is 54.9 Å². The molecule has 2 aliphatic rings. The minimum absolute atomic E-state index is 0.243. The Labute approximate surface area is 150 Å². The number of β-amino-alcohol motifs (C(OH)–C–C–N with tert-alkyl or cyclic N) is 1. The molecule has 2 aromatic heterocycles. The molecule has 0 spiro atoms. The largest absolute Gasteiger partial charge is 0.391 e. The zero-order chi connectivity index (χ0) is 18.5. The van der Waals surface area contributed by atoms with Crippen molar-refractivity contribution in [2.75, 3.05) is 18.0 Å². The van der Waals surface area contributed by atoms with Crippen molar-refractivity contribution in [1.82, 2.24) is 25.0 Å². The predicted octanol–water partition coefficient (Wildman–Crippen LogP) is 1.64. The minimum Gasteiger partial charge on any atom is -0.391 e. The number of hydrogen-bond acceptors (Lipinski definition) is 10. The van der Waals surface area contributed by atoms with E-state index >= 15 is 0 Å². The van der Waals surface area contributed by atoms with Crippen molar-refractivity contribution in [2.45, 2.75) is 57.8 Å². The summed E-state index contributed by atoms with van der Waals surface area (Å²) < 4.78 is 1.67. The number of aliphatic hydroxyl groups is 1. The van der Waals surface area contributed by atoms with Crippen LogP contribution in [0, 0.1) is 0 Å². The lowest BCUT2D eigenvalue weighted by atomic mass is 9.96. The van der Waals surface area contributed by atoms with Crippen LogP contribution >= 0.6 is 0 Å². The first-order valence-electron chi connectivity index (χ1n) is 8.64. The third-order valence-corrected chi connectivity index (χ3v) is 4.49. The number of rotatable bonds is 3. The molecule has 1 unspecified atom stereocenters. The van der Waals surface area contributed by atoms with Crippen LogP contribution in [0.15, 0.2) is 20.7 Å². The van der Waals surface area contributed by atoms with Crippen molar-refractivity contribution < 1.29 is 5.11 Å². The molecule has 26 heavy (non-hydrogen) atoms. The second-order valence-corrected chi connectivity index (χ2v) is 8.02. The average Bonchev–Trinajstić information content (AvgIpc) is 3.27. The van der Waals surface area contributed by atoms with Crippen molar-refractivity contribution in [1.29, 1.82) is 0 Å². The highest BCUT2D eigenvalue weighted by atomic mass is 16.3. The Bertz CT molecular complexity index is 884. The Balaban J connectivity index is 1.83. The van der Waals surface area contributed by atoms with Gasteiger partial charge in [0.05, 0.1) is 12.6 Å². The van der Waals surface area contributed by atoms with Gasteiger partial charge in [0.2, 0.25) is 5.66 Å². The summed E-state index contributed by atoms with van der Waals surface area (Å²) in [4.78, 5) is 11.5. The maximum Gasteiger partial charge on any atom is 0.211 e. The molecule has 0 aromatic carbocycles. The molecule has 138 valence electrons. The second-order valence-electron chi connectivity index (χ2n) is 8.02. The highest BCUT2D eigenvalue weighted by Gasteiger charge is 2.32. The van der Waals surface area contributed by atoms with E-state index in [0.29, 0.717) is 42.3 Å². The van der Waals surface area contributed by atoms with E-state index in [1.165, 1.54) is 0 Å². The van der Waals surface area contributed by atoms with Gasteiger partial charge in [-0.3, -0.25) is 0 Å².